The summed E-state index contributed by atoms with van der Waals surface area (Å²) in [6.45, 7) is -1.47. The van der Waals surface area contributed by atoms with E-state index in [1.54, 1.807) is 12.1 Å². The zero-order valence-electron chi connectivity index (χ0n) is 24.8. The number of benzene rings is 1. The van der Waals surface area contributed by atoms with Crippen molar-refractivity contribution in [3.05, 3.63) is 65.5 Å². The first-order valence-electron chi connectivity index (χ1n) is 14.1. The third-order valence-electron chi connectivity index (χ3n) is 7.57. The van der Waals surface area contributed by atoms with Gasteiger partial charge in [0.25, 0.3) is 5.91 Å². The third kappa shape index (κ3) is 7.58. The number of aromatic nitrogens is 1. The average molecular weight is 659 g/mol. The van der Waals surface area contributed by atoms with Crippen molar-refractivity contribution in [2.24, 2.45) is 5.73 Å². The van der Waals surface area contributed by atoms with E-state index in [9.17, 15) is 45.5 Å². The lowest BCUT2D eigenvalue weighted by molar-refractivity contribution is -0.157. The van der Waals surface area contributed by atoms with Gasteiger partial charge >= 0.3 is 18.4 Å². The van der Waals surface area contributed by atoms with Crippen molar-refractivity contribution in [3.63, 3.8) is 0 Å². The Morgan fingerprint density at radius 3 is 2.33 bits per heavy atom. The standard InChI is InChI=1S/C29H32F6N6O5/c1-26(2,36)23(43)38-21(15-46-14-18-7-3-4-9-20(18)29(33,34)35)22(42)39-11-12-41-25(45)40(17-28(30,31)32)24(44)27(41,16-39)13-19-8-5-6-10-37-19/h3-10,21H,11-17,36H2,1-2H3,(H,38,43)/t21-,27-/m1/s1. The van der Waals surface area contributed by atoms with E-state index in [4.69, 9.17) is 10.5 Å². The van der Waals surface area contributed by atoms with Gasteiger partial charge in [-0.15, -0.1) is 0 Å². The second kappa shape index (κ2) is 12.9. The van der Waals surface area contributed by atoms with Crippen LogP contribution in [0.5, 0.6) is 0 Å². The van der Waals surface area contributed by atoms with Crippen LogP contribution in [0.25, 0.3) is 0 Å². The van der Waals surface area contributed by atoms with Gasteiger partial charge in [-0.3, -0.25) is 24.3 Å². The van der Waals surface area contributed by atoms with Crippen LogP contribution in [0.4, 0.5) is 31.1 Å². The van der Waals surface area contributed by atoms with E-state index in [1.807, 2.05) is 0 Å². The maximum absolute atomic E-state index is 13.9. The number of urea groups is 1. The fourth-order valence-corrected chi connectivity index (χ4v) is 5.35. The Bertz CT molecular complexity index is 1460. The molecule has 0 radical (unpaired) electrons. The van der Waals surface area contributed by atoms with E-state index in [2.05, 4.69) is 10.3 Å². The van der Waals surface area contributed by atoms with Crippen LogP contribution in [0, 0.1) is 0 Å². The lowest BCUT2D eigenvalue weighted by Gasteiger charge is -2.45. The topological polar surface area (TPSA) is 138 Å². The summed E-state index contributed by atoms with van der Waals surface area (Å²) in [5, 5.41) is 2.43. The number of ether oxygens (including phenoxy) is 1. The summed E-state index contributed by atoms with van der Waals surface area (Å²) < 4.78 is 86.0. The number of hydrogen-bond acceptors (Lipinski definition) is 7. The number of pyridine rings is 1. The first-order valence-corrected chi connectivity index (χ1v) is 14.1. The Labute approximate surface area is 259 Å². The molecule has 17 heteroatoms. The Balaban J connectivity index is 1.62. The smallest absolute Gasteiger partial charge is 0.374 e. The van der Waals surface area contributed by atoms with E-state index >= 15 is 0 Å². The maximum Gasteiger partial charge on any atom is 0.416 e. The molecule has 11 nitrogen and oxygen atoms in total. The Kier molecular flexibility index (Phi) is 9.68. The zero-order valence-corrected chi connectivity index (χ0v) is 24.8. The molecule has 2 aliphatic heterocycles. The minimum absolute atomic E-state index is 0.0916. The van der Waals surface area contributed by atoms with Crippen molar-refractivity contribution in [2.75, 3.05) is 32.8 Å². The van der Waals surface area contributed by atoms with Crippen LogP contribution in [-0.2, 0) is 38.3 Å². The van der Waals surface area contributed by atoms with E-state index in [0.29, 0.717) is 0 Å². The van der Waals surface area contributed by atoms with Crippen molar-refractivity contribution in [3.8, 4) is 0 Å². The summed E-state index contributed by atoms with van der Waals surface area (Å²) in [4.78, 5) is 59.8. The Morgan fingerprint density at radius 1 is 1.04 bits per heavy atom. The molecule has 0 spiro atoms. The molecular weight excluding hydrogens is 626 g/mol. The van der Waals surface area contributed by atoms with Crippen LogP contribution in [0.3, 0.4) is 0 Å². The summed E-state index contributed by atoms with van der Waals surface area (Å²) in [7, 11) is 0. The molecule has 3 heterocycles. The highest BCUT2D eigenvalue weighted by Gasteiger charge is 2.61. The Hall–Kier alpha value is -4.25. The van der Waals surface area contributed by atoms with E-state index < -0.39 is 85.1 Å². The van der Waals surface area contributed by atoms with Crippen molar-refractivity contribution in [2.45, 2.75) is 56.3 Å². The quantitative estimate of drug-likeness (QED) is 0.296. The molecule has 2 aromatic rings. The van der Waals surface area contributed by atoms with E-state index in [-0.39, 0.29) is 35.7 Å². The molecule has 2 aliphatic rings. The van der Waals surface area contributed by atoms with Gasteiger partial charge in [-0.05, 0) is 37.6 Å². The predicted molar refractivity (Wildman–Crippen MR) is 148 cm³/mol. The molecular formula is C29H32F6N6O5. The number of nitrogens with two attached hydrogens (primary N) is 1. The molecule has 0 aliphatic carbocycles. The van der Waals surface area contributed by atoms with Gasteiger partial charge < -0.3 is 25.6 Å². The predicted octanol–water partition coefficient (Wildman–Crippen LogP) is 2.49. The van der Waals surface area contributed by atoms with Crippen LogP contribution >= 0.6 is 0 Å². The summed E-state index contributed by atoms with van der Waals surface area (Å²) in [6, 6.07) is 6.60. The van der Waals surface area contributed by atoms with E-state index in [0.717, 1.165) is 15.9 Å². The highest BCUT2D eigenvalue weighted by atomic mass is 19.4. The van der Waals surface area contributed by atoms with Gasteiger partial charge in [-0.2, -0.15) is 26.3 Å². The second-order valence-electron chi connectivity index (χ2n) is 11.6. The maximum atomic E-state index is 13.9. The SMILES string of the molecule is CC(C)(N)C(=O)N[C@H](COCc1ccccc1C(F)(F)F)C(=O)N1CCN2C(=O)N(CC(F)(F)F)C(=O)[C@@]2(Cc2ccccn2)C1. The fourth-order valence-electron chi connectivity index (χ4n) is 5.35. The van der Waals surface area contributed by atoms with Crippen LogP contribution in [0.2, 0.25) is 0 Å². The van der Waals surface area contributed by atoms with Gasteiger partial charge in [0, 0.05) is 31.4 Å². The second-order valence-corrected chi connectivity index (χ2v) is 11.6. The molecule has 2 atom stereocenters. The minimum atomic E-state index is -4.89. The van der Waals surface area contributed by atoms with Crippen molar-refractivity contribution in [1.82, 2.24) is 25.0 Å². The van der Waals surface area contributed by atoms with Gasteiger partial charge in [-0.25, -0.2) is 4.79 Å². The lowest BCUT2D eigenvalue weighted by atomic mass is 9.88. The van der Waals surface area contributed by atoms with Gasteiger partial charge in [-0.1, -0.05) is 24.3 Å². The number of amides is 5. The normalized spacial score (nSPS) is 19.7. The lowest BCUT2D eigenvalue weighted by Crippen LogP contribution is -2.67. The zero-order chi connectivity index (χ0) is 34.1. The van der Waals surface area contributed by atoms with E-state index in [1.165, 1.54) is 44.3 Å². The molecule has 5 amide bonds. The van der Waals surface area contributed by atoms with Gasteiger partial charge in [0.05, 0.1) is 30.9 Å². The van der Waals surface area contributed by atoms with Gasteiger partial charge in [0.15, 0.2) is 0 Å². The Morgan fingerprint density at radius 2 is 1.72 bits per heavy atom. The summed E-state index contributed by atoms with van der Waals surface area (Å²) in [6.07, 6.45) is -8.51. The number of nitrogens with one attached hydrogen (secondary N) is 1. The summed E-state index contributed by atoms with van der Waals surface area (Å²) in [5.41, 5.74) is 1.50. The average Bonchev–Trinajstić information content (AvgIpc) is 3.15. The third-order valence-corrected chi connectivity index (χ3v) is 7.57. The molecule has 1 aromatic heterocycles. The molecule has 0 bridgehead atoms. The number of alkyl halides is 6. The molecule has 0 unspecified atom stereocenters. The number of halogens is 6. The summed E-state index contributed by atoms with van der Waals surface area (Å²) in [5.74, 6) is -2.84. The molecule has 1 aromatic carbocycles. The number of rotatable bonds is 10. The molecule has 46 heavy (non-hydrogen) atoms. The van der Waals surface area contributed by atoms with Crippen molar-refractivity contribution in [1.29, 1.82) is 0 Å². The van der Waals surface area contributed by atoms with Crippen LogP contribution in [0.15, 0.2) is 48.7 Å². The molecule has 2 fully saturated rings. The van der Waals surface area contributed by atoms with Crippen LogP contribution in [0.1, 0.15) is 30.7 Å². The fraction of sp³-hybridized carbons (Fsp3) is 0.483. The number of piperazine rings is 1. The van der Waals surface area contributed by atoms with Gasteiger partial charge in [0.1, 0.15) is 18.1 Å². The van der Waals surface area contributed by atoms with Crippen molar-refractivity contribution >= 4 is 23.8 Å². The number of carbonyl (C=O) groups is 4. The molecule has 2 saturated heterocycles. The first kappa shape index (κ1) is 34.6. The molecule has 0 saturated carbocycles. The number of imide groups is 1. The highest BCUT2D eigenvalue weighted by molar-refractivity contribution is 6.08. The molecule has 250 valence electrons. The van der Waals surface area contributed by atoms with Crippen LogP contribution < -0.4 is 11.1 Å². The minimum Gasteiger partial charge on any atom is -0.374 e. The molecule has 4 rings (SSSR count). The monoisotopic (exact) mass is 658 g/mol. The number of nitrogens with zero attached hydrogens (tertiary/aromatic N) is 4. The summed E-state index contributed by atoms with van der Waals surface area (Å²) >= 11 is 0. The molecule has 3 N–H and O–H groups in total. The number of carbonyl (C=O) groups excluding carboxylic acids is 4. The van der Waals surface area contributed by atoms with Gasteiger partial charge in [0.2, 0.25) is 11.8 Å². The largest absolute Gasteiger partial charge is 0.416 e. The van der Waals surface area contributed by atoms with Crippen LogP contribution in [-0.4, -0.2) is 99.5 Å². The number of fused-ring (bicyclic) bond motifs is 1. The first-order chi connectivity index (χ1) is 21.3. The number of hydrogen-bond donors (Lipinski definition) is 2. The van der Waals surface area contributed by atoms with Crippen molar-refractivity contribution < 1.29 is 50.3 Å². The highest BCUT2D eigenvalue weighted by Crippen LogP contribution is 2.37.